The Morgan fingerprint density at radius 3 is 2.83 bits per heavy atom. The molecule has 122 valence electrons. The van der Waals surface area contributed by atoms with E-state index in [1.165, 1.54) is 0 Å². The first kappa shape index (κ1) is 15.7. The number of ether oxygens (including phenoxy) is 1. The van der Waals surface area contributed by atoms with E-state index in [1.54, 1.807) is 14.0 Å². The van der Waals surface area contributed by atoms with Gasteiger partial charge in [0.05, 0.1) is 0 Å². The van der Waals surface area contributed by atoms with Crippen LogP contribution in [0.5, 0.6) is 0 Å². The fourth-order valence-electron chi connectivity index (χ4n) is 3.04. The second-order valence-electron chi connectivity index (χ2n) is 5.82. The molecular weight excluding hydrogens is 294 g/mol. The van der Waals surface area contributed by atoms with Gasteiger partial charge in [0.25, 0.3) is 5.91 Å². The van der Waals surface area contributed by atoms with Crippen LogP contribution < -0.4 is 0 Å². The SMILES string of the molecule is COC(C(=O)N1CCCC(c2noc(C)n2)C1)c1ccccc1. The predicted octanol–water partition coefficient (Wildman–Crippen LogP) is 2.47. The zero-order valence-electron chi connectivity index (χ0n) is 13.4. The van der Waals surface area contributed by atoms with Gasteiger partial charge in [0.1, 0.15) is 0 Å². The van der Waals surface area contributed by atoms with Gasteiger partial charge in [0, 0.05) is 33.0 Å². The molecule has 0 radical (unpaired) electrons. The molecule has 1 aliphatic heterocycles. The number of rotatable bonds is 4. The van der Waals surface area contributed by atoms with Crippen molar-refractivity contribution in [2.45, 2.75) is 31.8 Å². The van der Waals surface area contributed by atoms with Crippen LogP contribution in [0.4, 0.5) is 0 Å². The van der Waals surface area contributed by atoms with Crippen molar-refractivity contribution in [3.05, 3.63) is 47.6 Å². The van der Waals surface area contributed by atoms with Crippen LogP contribution in [0, 0.1) is 6.92 Å². The molecule has 3 rings (SSSR count). The van der Waals surface area contributed by atoms with Gasteiger partial charge in [0.15, 0.2) is 11.9 Å². The quantitative estimate of drug-likeness (QED) is 0.867. The third-order valence-corrected chi connectivity index (χ3v) is 4.20. The second kappa shape index (κ2) is 6.91. The smallest absolute Gasteiger partial charge is 0.256 e. The van der Waals surface area contributed by atoms with Crippen molar-refractivity contribution in [1.82, 2.24) is 15.0 Å². The lowest BCUT2D eigenvalue weighted by Gasteiger charge is -2.33. The number of carbonyl (C=O) groups is 1. The molecule has 6 heteroatoms. The molecule has 23 heavy (non-hydrogen) atoms. The highest BCUT2D eigenvalue weighted by molar-refractivity contribution is 5.82. The van der Waals surface area contributed by atoms with Crippen molar-refractivity contribution < 1.29 is 14.1 Å². The molecule has 0 N–H and O–H groups in total. The van der Waals surface area contributed by atoms with Crippen molar-refractivity contribution in [2.24, 2.45) is 0 Å². The number of aryl methyl sites for hydroxylation is 1. The number of carbonyl (C=O) groups excluding carboxylic acids is 1. The molecule has 1 saturated heterocycles. The first-order valence-electron chi connectivity index (χ1n) is 7.85. The lowest BCUT2D eigenvalue weighted by molar-refractivity contribution is -0.143. The summed E-state index contributed by atoms with van der Waals surface area (Å²) in [7, 11) is 1.57. The summed E-state index contributed by atoms with van der Waals surface area (Å²) >= 11 is 0. The molecule has 6 nitrogen and oxygen atoms in total. The average Bonchev–Trinajstić information content (AvgIpc) is 3.03. The van der Waals surface area contributed by atoms with Gasteiger partial charge in [-0.1, -0.05) is 35.5 Å². The van der Waals surface area contributed by atoms with E-state index < -0.39 is 6.10 Å². The van der Waals surface area contributed by atoms with Gasteiger partial charge in [-0.25, -0.2) is 0 Å². The molecule has 2 unspecified atom stereocenters. The standard InChI is InChI=1S/C17H21N3O3/c1-12-18-16(19-23-12)14-9-6-10-20(11-14)17(21)15(22-2)13-7-4-3-5-8-13/h3-5,7-8,14-15H,6,9-11H2,1-2H3. The Labute approximate surface area is 135 Å². The summed E-state index contributed by atoms with van der Waals surface area (Å²) in [6.07, 6.45) is 1.32. The van der Waals surface area contributed by atoms with E-state index in [0.717, 1.165) is 24.9 Å². The van der Waals surface area contributed by atoms with E-state index in [2.05, 4.69) is 10.1 Å². The maximum atomic E-state index is 12.8. The molecule has 2 atom stereocenters. The molecule has 0 bridgehead atoms. The molecule has 2 heterocycles. The minimum atomic E-state index is -0.568. The van der Waals surface area contributed by atoms with Gasteiger partial charge < -0.3 is 14.2 Å². The van der Waals surface area contributed by atoms with Crippen molar-refractivity contribution in [2.75, 3.05) is 20.2 Å². The van der Waals surface area contributed by atoms with Gasteiger partial charge in [-0.05, 0) is 18.4 Å². The van der Waals surface area contributed by atoms with Crippen LogP contribution in [0.15, 0.2) is 34.9 Å². The molecule has 1 aromatic carbocycles. The van der Waals surface area contributed by atoms with Crippen LogP contribution in [0.3, 0.4) is 0 Å². The molecule has 1 aliphatic rings. The number of hydrogen-bond acceptors (Lipinski definition) is 5. The van der Waals surface area contributed by atoms with E-state index >= 15 is 0 Å². The molecule has 0 saturated carbocycles. The van der Waals surface area contributed by atoms with Gasteiger partial charge in [-0.3, -0.25) is 4.79 Å². The van der Waals surface area contributed by atoms with Crippen LogP contribution >= 0.6 is 0 Å². The Morgan fingerprint density at radius 2 is 2.17 bits per heavy atom. The third-order valence-electron chi connectivity index (χ3n) is 4.20. The average molecular weight is 315 g/mol. The Balaban J connectivity index is 1.73. The largest absolute Gasteiger partial charge is 0.367 e. The summed E-state index contributed by atoms with van der Waals surface area (Å²) < 4.78 is 10.5. The third kappa shape index (κ3) is 3.42. The first-order valence-corrected chi connectivity index (χ1v) is 7.85. The predicted molar refractivity (Wildman–Crippen MR) is 83.8 cm³/mol. The minimum Gasteiger partial charge on any atom is -0.367 e. The number of likely N-dealkylation sites (tertiary alicyclic amines) is 1. The van der Waals surface area contributed by atoms with Crippen molar-refractivity contribution in [1.29, 1.82) is 0 Å². The summed E-state index contributed by atoms with van der Waals surface area (Å²) in [5.74, 6) is 1.36. The van der Waals surface area contributed by atoms with Crippen molar-refractivity contribution in [3.63, 3.8) is 0 Å². The van der Waals surface area contributed by atoms with Crippen LogP contribution in [0.25, 0.3) is 0 Å². The maximum Gasteiger partial charge on any atom is 0.256 e. The topological polar surface area (TPSA) is 68.5 Å². The highest BCUT2D eigenvalue weighted by Gasteiger charge is 2.32. The van der Waals surface area contributed by atoms with Crippen LogP contribution in [0.1, 0.15) is 42.1 Å². The number of aromatic nitrogens is 2. The fourth-order valence-corrected chi connectivity index (χ4v) is 3.04. The molecule has 0 spiro atoms. The van der Waals surface area contributed by atoms with E-state index in [1.807, 2.05) is 35.2 Å². The number of hydrogen-bond donors (Lipinski definition) is 0. The Kier molecular flexibility index (Phi) is 4.71. The maximum absolute atomic E-state index is 12.8. The van der Waals surface area contributed by atoms with Gasteiger partial charge >= 0.3 is 0 Å². The number of piperidine rings is 1. The highest BCUT2D eigenvalue weighted by atomic mass is 16.5. The Morgan fingerprint density at radius 1 is 1.39 bits per heavy atom. The van der Waals surface area contributed by atoms with Crippen LogP contribution in [-0.2, 0) is 9.53 Å². The van der Waals surface area contributed by atoms with E-state index in [-0.39, 0.29) is 11.8 Å². The molecule has 1 amide bonds. The zero-order valence-corrected chi connectivity index (χ0v) is 13.4. The summed E-state index contributed by atoms with van der Waals surface area (Å²) in [4.78, 5) is 19.0. The van der Waals surface area contributed by atoms with E-state index in [4.69, 9.17) is 9.26 Å². The normalized spacial score (nSPS) is 19.6. The van der Waals surface area contributed by atoms with Gasteiger partial charge in [-0.15, -0.1) is 0 Å². The molecular formula is C17H21N3O3. The monoisotopic (exact) mass is 315 g/mol. The Hall–Kier alpha value is -2.21. The summed E-state index contributed by atoms with van der Waals surface area (Å²) in [5, 5.41) is 4.00. The number of methoxy groups -OCH3 is 1. The van der Waals surface area contributed by atoms with Crippen LogP contribution in [0.2, 0.25) is 0 Å². The lowest BCUT2D eigenvalue weighted by Crippen LogP contribution is -2.42. The van der Waals surface area contributed by atoms with E-state index in [0.29, 0.717) is 18.3 Å². The molecule has 1 fully saturated rings. The molecule has 1 aromatic heterocycles. The minimum absolute atomic E-state index is 0.0105. The number of amides is 1. The zero-order chi connectivity index (χ0) is 16.2. The molecule has 2 aromatic rings. The second-order valence-corrected chi connectivity index (χ2v) is 5.82. The van der Waals surface area contributed by atoms with Crippen molar-refractivity contribution in [3.8, 4) is 0 Å². The summed E-state index contributed by atoms with van der Waals surface area (Å²) in [5.41, 5.74) is 0.873. The highest BCUT2D eigenvalue weighted by Crippen LogP contribution is 2.28. The summed E-state index contributed by atoms with van der Waals surface area (Å²) in [6, 6.07) is 9.58. The lowest BCUT2D eigenvalue weighted by atomic mass is 9.96. The number of nitrogens with zero attached hydrogens (tertiary/aromatic N) is 3. The molecule has 0 aliphatic carbocycles. The fraction of sp³-hybridized carbons (Fsp3) is 0.471. The van der Waals surface area contributed by atoms with Crippen LogP contribution in [-0.4, -0.2) is 41.1 Å². The van der Waals surface area contributed by atoms with Crippen molar-refractivity contribution >= 4 is 5.91 Å². The van der Waals surface area contributed by atoms with Gasteiger partial charge in [0.2, 0.25) is 5.89 Å². The number of benzene rings is 1. The van der Waals surface area contributed by atoms with E-state index in [9.17, 15) is 4.79 Å². The first-order chi connectivity index (χ1) is 11.2. The van der Waals surface area contributed by atoms with Gasteiger partial charge in [-0.2, -0.15) is 4.98 Å². The summed E-state index contributed by atoms with van der Waals surface area (Å²) in [6.45, 7) is 3.11. The Bertz CT molecular complexity index is 656.